The van der Waals surface area contributed by atoms with Gasteiger partial charge in [0.25, 0.3) is 0 Å². The zero-order valence-corrected chi connectivity index (χ0v) is 14.7. The third-order valence-corrected chi connectivity index (χ3v) is 4.94. The van der Waals surface area contributed by atoms with Crippen LogP contribution < -0.4 is 5.32 Å². The maximum atomic E-state index is 9.71. The summed E-state index contributed by atoms with van der Waals surface area (Å²) in [4.78, 5) is 6.89. The highest BCUT2D eigenvalue weighted by molar-refractivity contribution is 7.98. The lowest BCUT2D eigenvalue weighted by Crippen LogP contribution is -2.40. The molecular weight excluding hydrogens is 318 g/mol. The van der Waals surface area contributed by atoms with Gasteiger partial charge in [0.05, 0.1) is 12.6 Å². The van der Waals surface area contributed by atoms with Crippen LogP contribution in [0.2, 0.25) is 5.02 Å². The van der Waals surface area contributed by atoms with Gasteiger partial charge in [0.2, 0.25) is 0 Å². The second-order valence-electron chi connectivity index (χ2n) is 5.36. The van der Waals surface area contributed by atoms with Crippen molar-refractivity contribution in [2.45, 2.75) is 24.7 Å². The molecule has 0 aromatic heterocycles. The predicted octanol–water partition coefficient (Wildman–Crippen LogP) is 2.78. The summed E-state index contributed by atoms with van der Waals surface area (Å²) in [5.74, 6) is 0.889. The van der Waals surface area contributed by atoms with Gasteiger partial charge in [-0.05, 0) is 37.3 Å². The van der Waals surface area contributed by atoms with E-state index in [1.165, 1.54) is 5.56 Å². The third kappa shape index (κ3) is 4.80. The third-order valence-electron chi connectivity index (χ3n) is 3.71. The van der Waals surface area contributed by atoms with Crippen LogP contribution in [0.25, 0.3) is 0 Å². The minimum Gasteiger partial charge on any atom is -0.391 e. The quantitative estimate of drug-likeness (QED) is 0.638. The molecule has 122 valence electrons. The molecule has 4 nitrogen and oxygen atoms in total. The van der Waals surface area contributed by atoms with Gasteiger partial charge in [0.15, 0.2) is 5.96 Å². The van der Waals surface area contributed by atoms with E-state index in [-0.39, 0.29) is 11.4 Å². The van der Waals surface area contributed by atoms with Crippen LogP contribution in [0.4, 0.5) is 0 Å². The first kappa shape index (κ1) is 17.4. The van der Waals surface area contributed by atoms with E-state index in [1.807, 2.05) is 18.2 Å². The van der Waals surface area contributed by atoms with Crippen molar-refractivity contribution in [3.05, 3.63) is 34.9 Å². The van der Waals surface area contributed by atoms with Gasteiger partial charge in [-0.3, -0.25) is 4.99 Å². The van der Waals surface area contributed by atoms with Crippen LogP contribution in [0.1, 0.15) is 24.2 Å². The molecule has 1 heterocycles. The number of rotatable bonds is 5. The lowest BCUT2D eigenvalue weighted by molar-refractivity contribution is 0.188. The van der Waals surface area contributed by atoms with Crippen LogP contribution in [0.3, 0.4) is 0 Å². The van der Waals surface area contributed by atoms with E-state index in [0.717, 1.165) is 30.5 Å². The molecule has 1 aliphatic rings. The van der Waals surface area contributed by atoms with E-state index in [0.29, 0.717) is 13.1 Å². The second-order valence-corrected chi connectivity index (χ2v) is 6.84. The van der Waals surface area contributed by atoms with Crippen LogP contribution in [-0.2, 0) is 0 Å². The second kappa shape index (κ2) is 8.65. The van der Waals surface area contributed by atoms with Crippen LogP contribution in [0.15, 0.2) is 29.3 Å². The van der Waals surface area contributed by atoms with Crippen LogP contribution in [0, 0.1) is 0 Å². The number of guanidine groups is 1. The number of aliphatic hydroxyl groups is 1. The summed E-state index contributed by atoms with van der Waals surface area (Å²) in [5, 5.41) is 14.1. The summed E-state index contributed by atoms with van der Waals surface area (Å²) in [6.45, 7) is 5.09. The first-order valence-electron chi connectivity index (χ1n) is 7.63. The highest BCUT2D eigenvalue weighted by atomic mass is 35.5. The number of aliphatic imine (C=N–C) groups is 1. The first-order valence-corrected chi connectivity index (χ1v) is 9.30. The average molecular weight is 342 g/mol. The molecule has 6 heteroatoms. The average Bonchev–Trinajstić information content (AvgIpc) is 2.93. The number of likely N-dealkylation sites (tertiary alicyclic amines) is 1. The number of thioether (sulfide) groups is 1. The molecule has 0 aliphatic carbocycles. The van der Waals surface area contributed by atoms with Gasteiger partial charge in [-0.15, -0.1) is 0 Å². The number of β-amino-alcohol motifs (C(OH)–C–C–N with tert-alkyl or cyclic N) is 1. The number of aliphatic hydroxyl groups excluding tert-OH is 1. The maximum absolute atomic E-state index is 9.71. The fourth-order valence-corrected chi connectivity index (χ4v) is 3.39. The fourth-order valence-electron chi connectivity index (χ4n) is 2.55. The Labute approximate surface area is 142 Å². The number of halogens is 1. The van der Waals surface area contributed by atoms with E-state index in [9.17, 15) is 5.11 Å². The van der Waals surface area contributed by atoms with Crippen molar-refractivity contribution < 1.29 is 5.11 Å². The van der Waals surface area contributed by atoms with Gasteiger partial charge in [-0.1, -0.05) is 23.7 Å². The van der Waals surface area contributed by atoms with Crippen LogP contribution in [-0.4, -0.2) is 54.5 Å². The van der Waals surface area contributed by atoms with Crippen molar-refractivity contribution in [1.29, 1.82) is 0 Å². The molecule has 0 spiro atoms. The summed E-state index contributed by atoms with van der Waals surface area (Å²) in [7, 11) is 0. The van der Waals surface area contributed by atoms with E-state index in [2.05, 4.69) is 29.5 Å². The molecule has 2 atom stereocenters. The van der Waals surface area contributed by atoms with Crippen molar-refractivity contribution in [3.8, 4) is 0 Å². The Kier molecular flexibility index (Phi) is 6.86. The van der Waals surface area contributed by atoms with Gasteiger partial charge in [0, 0.05) is 29.9 Å². The Balaban J connectivity index is 2.07. The van der Waals surface area contributed by atoms with Crippen LogP contribution >= 0.6 is 23.4 Å². The molecule has 1 aliphatic heterocycles. The van der Waals surface area contributed by atoms with Crippen molar-refractivity contribution in [2.75, 3.05) is 32.4 Å². The van der Waals surface area contributed by atoms with Crippen molar-refractivity contribution >= 4 is 29.3 Å². The predicted molar refractivity (Wildman–Crippen MR) is 95.9 cm³/mol. The zero-order chi connectivity index (χ0) is 15.9. The van der Waals surface area contributed by atoms with Gasteiger partial charge in [-0.2, -0.15) is 11.8 Å². The summed E-state index contributed by atoms with van der Waals surface area (Å²) in [6.07, 6.45) is 2.66. The number of nitrogens with one attached hydrogen (secondary N) is 1. The molecule has 2 rings (SSSR count). The molecule has 22 heavy (non-hydrogen) atoms. The van der Waals surface area contributed by atoms with Crippen molar-refractivity contribution in [3.63, 3.8) is 0 Å². The Morgan fingerprint density at radius 1 is 1.59 bits per heavy atom. The molecule has 0 radical (unpaired) electrons. The van der Waals surface area contributed by atoms with Gasteiger partial charge in [0.1, 0.15) is 0 Å². The molecule has 1 aromatic rings. The number of nitrogens with zero attached hydrogens (tertiary/aromatic N) is 2. The molecule has 2 N–H and O–H groups in total. The lowest BCUT2D eigenvalue weighted by atomic mass is 10.1. The monoisotopic (exact) mass is 341 g/mol. The molecular formula is C16H24ClN3OS. The molecule has 1 saturated heterocycles. The van der Waals surface area contributed by atoms with Gasteiger partial charge in [-0.25, -0.2) is 0 Å². The SMILES string of the molecule is CCNC(=NCC(SC)c1cccc(Cl)c1)N1CC[C@@H](O)C1. The molecule has 1 unspecified atom stereocenters. The standard InChI is InChI=1S/C16H24ClN3OS/c1-3-18-16(20-8-7-14(21)11-20)19-10-15(22-2)12-5-4-6-13(17)9-12/h4-6,9,14-15,21H,3,7-8,10-11H2,1-2H3,(H,18,19)/t14-,15?/m1/s1. The normalized spacial score (nSPS) is 20.3. The molecule has 1 fully saturated rings. The summed E-state index contributed by atoms with van der Waals surface area (Å²) >= 11 is 7.86. The summed E-state index contributed by atoms with van der Waals surface area (Å²) in [5.41, 5.74) is 1.20. The Morgan fingerprint density at radius 2 is 2.41 bits per heavy atom. The first-order chi connectivity index (χ1) is 10.6. The number of benzene rings is 1. The number of hydrogen-bond acceptors (Lipinski definition) is 3. The Morgan fingerprint density at radius 3 is 3.00 bits per heavy atom. The lowest BCUT2D eigenvalue weighted by Gasteiger charge is -2.22. The Hall–Kier alpha value is -0.910. The van der Waals surface area contributed by atoms with Gasteiger partial charge < -0.3 is 15.3 Å². The summed E-state index contributed by atoms with van der Waals surface area (Å²) < 4.78 is 0. The highest BCUT2D eigenvalue weighted by Crippen LogP contribution is 2.28. The van der Waals surface area contributed by atoms with E-state index < -0.39 is 0 Å². The smallest absolute Gasteiger partial charge is 0.194 e. The van der Waals surface area contributed by atoms with E-state index >= 15 is 0 Å². The minimum atomic E-state index is -0.242. The van der Waals surface area contributed by atoms with E-state index in [1.54, 1.807) is 11.8 Å². The van der Waals surface area contributed by atoms with Gasteiger partial charge >= 0.3 is 0 Å². The molecule has 0 amide bonds. The topological polar surface area (TPSA) is 47.9 Å². The molecule has 0 bridgehead atoms. The number of hydrogen-bond donors (Lipinski definition) is 2. The van der Waals surface area contributed by atoms with Crippen LogP contribution in [0.5, 0.6) is 0 Å². The summed E-state index contributed by atoms with van der Waals surface area (Å²) in [6, 6.07) is 7.97. The highest BCUT2D eigenvalue weighted by Gasteiger charge is 2.23. The fraction of sp³-hybridized carbons (Fsp3) is 0.562. The largest absolute Gasteiger partial charge is 0.391 e. The van der Waals surface area contributed by atoms with E-state index in [4.69, 9.17) is 16.6 Å². The zero-order valence-electron chi connectivity index (χ0n) is 13.1. The minimum absolute atomic E-state index is 0.242. The van der Waals surface area contributed by atoms with Crippen molar-refractivity contribution in [2.24, 2.45) is 4.99 Å². The molecule has 0 saturated carbocycles. The Bertz CT molecular complexity index is 512. The molecule has 1 aromatic carbocycles. The maximum Gasteiger partial charge on any atom is 0.194 e. The van der Waals surface area contributed by atoms with Crippen molar-refractivity contribution in [1.82, 2.24) is 10.2 Å².